The first-order chi connectivity index (χ1) is 12.9. The molecule has 0 spiro atoms. The van der Waals surface area contributed by atoms with Crippen molar-refractivity contribution in [3.05, 3.63) is 40.9 Å². The van der Waals surface area contributed by atoms with Crippen molar-refractivity contribution in [2.75, 3.05) is 0 Å². The number of aliphatic hydroxyl groups is 1. The fourth-order valence-corrected chi connectivity index (χ4v) is 4.65. The number of nitrogens with zero attached hydrogens (tertiary/aromatic N) is 4. The molecule has 8 nitrogen and oxygen atoms in total. The Morgan fingerprint density at radius 2 is 2.04 bits per heavy atom. The Hall–Kier alpha value is -1.65. The molecule has 0 radical (unpaired) electrons. The van der Waals surface area contributed by atoms with Crippen molar-refractivity contribution in [1.82, 2.24) is 19.7 Å². The smallest absolute Gasteiger partial charge is 0.543 e. The van der Waals surface area contributed by atoms with Gasteiger partial charge in [-0.05, 0) is 6.92 Å². The third-order valence-electron chi connectivity index (χ3n) is 4.85. The van der Waals surface area contributed by atoms with Crippen molar-refractivity contribution in [1.29, 1.82) is 0 Å². The SMILES string of the molecule is C[C@@H](O)[C@H]1C(=O)N2C(C(=O)[O-])=C(Sc3nc(-c4ccccc4)nn3C)C[C@H]12.[Na+]. The van der Waals surface area contributed by atoms with Gasteiger partial charge in [0.2, 0.25) is 5.91 Å². The third-order valence-corrected chi connectivity index (χ3v) is 6.00. The number of carbonyl (C=O) groups is 2. The number of aryl methyl sites for hydroxylation is 1. The molecule has 0 bridgehead atoms. The van der Waals surface area contributed by atoms with E-state index in [1.54, 1.807) is 18.7 Å². The molecule has 1 N–H and O–H groups in total. The molecule has 4 rings (SSSR count). The number of carboxylic acid groups (broad SMARTS) is 1. The third kappa shape index (κ3) is 3.42. The Labute approximate surface area is 187 Å². The summed E-state index contributed by atoms with van der Waals surface area (Å²) in [4.78, 5) is 30.1. The van der Waals surface area contributed by atoms with Crippen LogP contribution in [0.5, 0.6) is 0 Å². The van der Waals surface area contributed by atoms with Gasteiger partial charge >= 0.3 is 29.6 Å². The molecule has 2 aliphatic heterocycles. The van der Waals surface area contributed by atoms with Crippen LogP contribution in [-0.2, 0) is 16.6 Å². The van der Waals surface area contributed by atoms with E-state index >= 15 is 0 Å². The van der Waals surface area contributed by atoms with E-state index in [-0.39, 0.29) is 47.2 Å². The molecule has 1 aromatic carbocycles. The van der Waals surface area contributed by atoms with Crippen LogP contribution in [0.2, 0.25) is 0 Å². The molecular weight excluding hydrogens is 391 g/mol. The van der Waals surface area contributed by atoms with Crippen LogP contribution in [0.4, 0.5) is 0 Å². The minimum atomic E-state index is -1.40. The van der Waals surface area contributed by atoms with E-state index in [0.717, 1.165) is 5.56 Å². The van der Waals surface area contributed by atoms with Crippen molar-refractivity contribution < 1.29 is 49.4 Å². The number of aliphatic carboxylic acids is 1. The normalized spacial score (nSPS) is 21.8. The van der Waals surface area contributed by atoms with E-state index in [4.69, 9.17) is 0 Å². The van der Waals surface area contributed by atoms with E-state index in [9.17, 15) is 19.8 Å². The fraction of sp³-hybridized carbons (Fsp3) is 0.333. The number of benzene rings is 1. The van der Waals surface area contributed by atoms with Gasteiger partial charge in [0.15, 0.2) is 11.0 Å². The molecule has 140 valence electrons. The standard InChI is InChI=1S/C18H18N4O4S.Na/c1-9(23)13-11-8-12(14(17(25)26)22(11)16(13)24)27-18-19-15(20-21(18)2)10-6-4-3-5-7-10;/h3-7,9,11,13,23H,8H2,1-2H3,(H,25,26);/q;+1/p-1/t9-,11-,13-;/m1./s1. The molecule has 0 aliphatic carbocycles. The number of hydrogen-bond donors (Lipinski definition) is 1. The first-order valence-electron chi connectivity index (χ1n) is 8.48. The predicted octanol–water partition coefficient (Wildman–Crippen LogP) is -2.85. The second kappa shape index (κ2) is 8.00. The summed E-state index contributed by atoms with van der Waals surface area (Å²) in [6.45, 7) is 1.54. The Bertz CT molecular complexity index is 960. The second-order valence-corrected chi connectivity index (χ2v) is 7.68. The van der Waals surface area contributed by atoms with Gasteiger partial charge in [-0.3, -0.25) is 4.79 Å². The summed E-state index contributed by atoms with van der Waals surface area (Å²) in [5, 5.41) is 26.3. The molecule has 2 aromatic rings. The summed E-state index contributed by atoms with van der Waals surface area (Å²) in [6.07, 6.45) is -0.478. The fourth-order valence-electron chi connectivity index (χ4n) is 3.59. The molecule has 0 unspecified atom stereocenters. The molecule has 28 heavy (non-hydrogen) atoms. The first kappa shape index (κ1) is 21.1. The average molecular weight is 408 g/mol. The average Bonchev–Trinajstić information content (AvgIpc) is 3.14. The second-order valence-electron chi connectivity index (χ2n) is 6.62. The zero-order chi connectivity index (χ0) is 19.3. The maximum atomic E-state index is 12.3. The molecule has 10 heteroatoms. The van der Waals surface area contributed by atoms with Gasteiger partial charge in [0, 0.05) is 23.9 Å². The van der Waals surface area contributed by atoms with Gasteiger partial charge in [0.25, 0.3) is 0 Å². The maximum absolute atomic E-state index is 12.3. The van der Waals surface area contributed by atoms with Crippen LogP contribution in [-0.4, -0.2) is 48.8 Å². The van der Waals surface area contributed by atoms with E-state index in [2.05, 4.69) is 10.1 Å². The molecule has 3 heterocycles. The molecule has 1 aromatic heterocycles. The number of carbonyl (C=O) groups excluding carboxylic acids is 2. The number of β-lactam (4-membered cyclic amide) rings is 1. The Balaban J connectivity index is 0.00000225. The number of aliphatic hydroxyl groups excluding tert-OH is 1. The molecule has 3 atom stereocenters. The van der Waals surface area contributed by atoms with E-state index in [1.807, 2.05) is 30.3 Å². The maximum Gasteiger partial charge on any atom is 1.00 e. The molecule has 1 saturated heterocycles. The van der Waals surface area contributed by atoms with Crippen molar-refractivity contribution >= 4 is 23.6 Å². The largest absolute Gasteiger partial charge is 1.00 e. The number of amides is 1. The van der Waals surface area contributed by atoms with Gasteiger partial charge in [-0.15, -0.1) is 0 Å². The summed E-state index contributed by atoms with van der Waals surface area (Å²) < 4.78 is 1.58. The van der Waals surface area contributed by atoms with E-state index in [0.29, 0.717) is 22.3 Å². The number of fused-ring (bicyclic) bond motifs is 1. The van der Waals surface area contributed by atoms with Gasteiger partial charge in [-0.1, -0.05) is 42.1 Å². The number of hydrogen-bond acceptors (Lipinski definition) is 7. The number of thioether (sulfide) groups is 1. The van der Waals surface area contributed by atoms with Crippen LogP contribution >= 0.6 is 11.8 Å². The monoisotopic (exact) mass is 408 g/mol. The van der Waals surface area contributed by atoms with Crippen LogP contribution in [0.25, 0.3) is 11.4 Å². The summed E-state index contributed by atoms with van der Waals surface area (Å²) >= 11 is 1.17. The number of aromatic nitrogens is 3. The molecular formula is C18H17N4NaO4S. The van der Waals surface area contributed by atoms with Crippen molar-refractivity contribution in [2.45, 2.75) is 30.6 Å². The van der Waals surface area contributed by atoms with E-state index in [1.165, 1.54) is 16.7 Å². The van der Waals surface area contributed by atoms with Crippen molar-refractivity contribution in [2.24, 2.45) is 13.0 Å². The zero-order valence-corrected chi connectivity index (χ0v) is 18.5. The molecule has 0 saturated carbocycles. The molecule has 1 fully saturated rings. The van der Waals surface area contributed by atoms with E-state index < -0.39 is 18.0 Å². The van der Waals surface area contributed by atoms with Gasteiger partial charge in [0.1, 0.15) is 0 Å². The van der Waals surface area contributed by atoms with Crippen LogP contribution < -0.4 is 34.7 Å². The van der Waals surface area contributed by atoms with Crippen molar-refractivity contribution in [3.63, 3.8) is 0 Å². The Morgan fingerprint density at radius 3 is 2.64 bits per heavy atom. The zero-order valence-electron chi connectivity index (χ0n) is 15.7. The summed E-state index contributed by atoms with van der Waals surface area (Å²) in [6, 6.07) is 9.11. The van der Waals surface area contributed by atoms with Crippen molar-refractivity contribution in [3.8, 4) is 11.4 Å². The Morgan fingerprint density at radius 1 is 1.36 bits per heavy atom. The van der Waals surface area contributed by atoms with Crippen LogP contribution in [0.1, 0.15) is 13.3 Å². The summed E-state index contributed by atoms with van der Waals surface area (Å²) in [7, 11) is 1.73. The van der Waals surface area contributed by atoms with Crippen LogP contribution in [0, 0.1) is 5.92 Å². The van der Waals surface area contributed by atoms with Gasteiger partial charge in [0.05, 0.1) is 29.7 Å². The predicted molar refractivity (Wildman–Crippen MR) is 94.8 cm³/mol. The topological polar surface area (TPSA) is 111 Å². The van der Waals surface area contributed by atoms with Gasteiger partial charge < -0.3 is 19.9 Å². The quantitative estimate of drug-likeness (QED) is 0.419. The van der Waals surface area contributed by atoms with Gasteiger partial charge in [-0.2, -0.15) is 5.10 Å². The van der Waals surface area contributed by atoms with Crippen LogP contribution in [0.15, 0.2) is 46.1 Å². The Kier molecular flexibility index (Phi) is 6.02. The number of rotatable bonds is 5. The minimum Gasteiger partial charge on any atom is -0.543 e. The first-order valence-corrected chi connectivity index (χ1v) is 9.30. The minimum absolute atomic E-state index is 0. The van der Waals surface area contributed by atoms with Gasteiger partial charge in [-0.25, -0.2) is 9.67 Å². The summed E-state index contributed by atoms with van der Waals surface area (Å²) in [5.41, 5.74) is 0.727. The number of carboxylic acids is 1. The molecule has 1 amide bonds. The molecule has 2 aliphatic rings. The van der Waals surface area contributed by atoms with Crippen LogP contribution in [0.3, 0.4) is 0 Å². The summed E-state index contributed by atoms with van der Waals surface area (Å²) in [5.74, 6) is -1.83.